The van der Waals surface area contributed by atoms with E-state index in [1.54, 1.807) is 0 Å². The van der Waals surface area contributed by atoms with Crippen molar-refractivity contribution in [3.05, 3.63) is 0 Å². The highest BCUT2D eigenvalue weighted by Crippen LogP contribution is 2.37. The molecule has 2 nitrogen and oxygen atoms in total. The Balaban J connectivity index is 2.78. The van der Waals surface area contributed by atoms with E-state index in [0.29, 0.717) is 6.04 Å². The van der Waals surface area contributed by atoms with Crippen LogP contribution in [-0.2, 0) is 0 Å². The first-order valence-electron chi connectivity index (χ1n) is 8.60. The summed E-state index contributed by atoms with van der Waals surface area (Å²) in [5.41, 5.74) is 6.54. The SMILES string of the molecule is CCCC1CCCC(CN)(N(CC)C(C)CC)CC1. The summed E-state index contributed by atoms with van der Waals surface area (Å²) in [5.74, 6) is 0.953. The zero-order valence-electron chi connectivity index (χ0n) is 13.8. The van der Waals surface area contributed by atoms with Gasteiger partial charge < -0.3 is 5.73 Å². The molecule has 0 aromatic heterocycles. The Labute approximate surface area is 121 Å². The second-order valence-electron chi connectivity index (χ2n) is 6.56. The van der Waals surface area contributed by atoms with Gasteiger partial charge in [-0.25, -0.2) is 0 Å². The highest BCUT2D eigenvalue weighted by molar-refractivity contribution is 4.95. The van der Waals surface area contributed by atoms with Crippen molar-refractivity contribution in [2.45, 2.75) is 90.6 Å². The van der Waals surface area contributed by atoms with Crippen LogP contribution in [0.5, 0.6) is 0 Å². The molecule has 0 aromatic carbocycles. The van der Waals surface area contributed by atoms with Crippen molar-refractivity contribution in [1.29, 1.82) is 0 Å². The van der Waals surface area contributed by atoms with Crippen molar-refractivity contribution in [1.82, 2.24) is 4.90 Å². The summed E-state index contributed by atoms with van der Waals surface area (Å²) in [6.07, 6.45) is 10.8. The third kappa shape index (κ3) is 4.19. The van der Waals surface area contributed by atoms with Gasteiger partial charge in [0.25, 0.3) is 0 Å². The van der Waals surface area contributed by atoms with E-state index < -0.39 is 0 Å². The van der Waals surface area contributed by atoms with Gasteiger partial charge in [-0.15, -0.1) is 0 Å². The second kappa shape index (κ2) is 8.26. The summed E-state index contributed by atoms with van der Waals surface area (Å²) >= 11 is 0. The van der Waals surface area contributed by atoms with Crippen molar-refractivity contribution in [2.75, 3.05) is 13.1 Å². The van der Waals surface area contributed by atoms with E-state index in [0.717, 1.165) is 19.0 Å². The zero-order valence-corrected chi connectivity index (χ0v) is 13.8. The lowest BCUT2D eigenvalue weighted by Crippen LogP contribution is -2.56. The fourth-order valence-electron chi connectivity index (χ4n) is 4.10. The Kier molecular flexibility index (Phi) is 7.38. The van der Waals surface area contributed by atoms with E-state index in [-0.39, 0.29) is 5.54 Å². The lowest BCUT2D eigenvalue weighted by atomic mass is 9.85. The van der Waals surface area contributed by atoms with E-state index in [9.17, 15) is 0 Å². The first-order chi connectivity index (χ1) is 9.13. The van der Waals surface area contributed by atoms with Gasteiger partial charge in [-0.3, -0.25) is 4.90 Å². The minimum atomic E-state index is 0.284. The Morgan fingerprint density at radius 1 is 1.21 bits per heavy atom. The normalized spacial score (nSPS) is 30.3. The predicted octanol–water partition coefficient (Wildman–Crippen LogP) is 4.18. The molecular weight excluding hydrogens is 232 g/mol. The monoisotopic (exact) mass is 268 g/mol. The largest absolute Gasteiger partial charge is 0.329 e. The molecule has 2 N–H and O–H groups in total. The molecule has 3 unspecified atom stereocenters. The van der Waals surface area contributed by atoms with E-state index in [1.165, 1.54) is 51.4 Å². The summed E-state index contributed by atoms with van der Waals surface area (Å²) in [4.78, 5) is 2.71. The standard InChI is InChI=1S/C17H36N2/c1-5-9-16-10-8-12-17(14-18,13-11-16)19(7-3)15(4)6-2/h15-16H,5-14,18H2,1-4H3. The lowest BCUT2D eigenvalue weighted by molar-refractivity contribution is 0.0440. The number of hydrogen-bond acceptors (Lipinski definition) is 2. The Hall–Kier alpha value is -0.0800. The summed E-state index contributed by atoms with van der Waals surface area (Å²) < 4.78 is 0. The summed E-state index contributed by atoms with van der Waals surface area (Å²) in [6.45, 7) is 11.3. The maximum atomic E-state index is 6.25. The molecule has 3 atom stereocenters. The predicted molar refractivity (Wildman–Crippen MR) is 85.4 cm³/mol. The van der Waals surface area contributed by atoms with Crippen LogP contribution in [0.3, 0.4) is 0 Å². The second-order valence-corrected chi connectivity index (χ2v) is 6.56. The maximum Gasteiger partial charge on any atom is 0.0334 e. The Morgan fingerprint density at radius 2 is 1.95 bits per heavy atom. The van der Waals surface area contributed by atoms with Crippen LogP contribution in [-0.4, -0.2) is 29.6 Å². The molecular formula is C17H36N2. The van der Waals surface area contributed by atoms with Crippen LogP contribution in [0.15, 0.2) is 0 Å². The number of hydrogen-bond donors (Lipinski definition) is 1. The van der Waals surface area contributed by atoms with E-state index in [4.69, 9.17) is 5.73 Å². The van der Waals surface area contributed by atoms with Crippen molar-refractivity contribution in [3.8, 4) is 0 Å². The molecule has 1 fully saturated rings. The van der Waals surface area contributed by atoms with Gasteiger partial charge in [-0.1, -0.05) is 46.5 Å². The summed E-state index contributed by atoms with van der Waals surface area (Å²) in [5, 5.41) is 0. The first-order valence-corrected chi connectivity index (χ1v) is 8.60. The first kappa shape index (κ1) is 17.0. The Bertz CT molecular complexity index is 241. The van der Waals surface area contributed by atoms with Crippen molar-refractivity contribution >= 4 is 0 Å². The third-order valence-electron chi connectivity index (χ3n) is 5.42. The fourth-order valence-corrected chi connectivity index (χ4v) is 4.10. The summed E-state index contributed by atoms with van der Waals surface area (Å²) in [6, 6.07) is 0.663. The number of likely N-dealkylation sites (N-methyl/N-ethyl adjacent to an activating group) is 1. The zero-order chi connectivity index (χ0) is 14.3. The molecule has 19 heavy (non-hydrogen) atoms. The van der Waals surface area contributed by atoms with Crippen LogP contribution in [0.25, 0.3) is 0 Å². The van der Waals surface area contributed by atoms with Crippen LogP contribution >= 0.6 is 0 Å². The molecule has 0 aliphatic heterocycles. The fraction of sp³-hybridized carbons (Fsp3) is 1.00. The minimum absolute atomic E-state index is 0.284. The van der Waals surface area contributed by atoms with E-state index >= 15 is 0 Å². The van der Waals surface area contributed by atoms with Gasteiger partial charge >= 0.3 is 0 Å². The van der Waals surface area contributed by atoms with Crippen LogP contribution in [0.2, 0.25) is 0 Å². The van der Waals surface area contributed by atoms with E-state index in [2.05, 4.69) is 32.6 Å². The summed E-state index contributed by atoms with van der Waals surface area (Å²) in [7, 11) is 0. The molecule has 1 rings (SSSR count). The molecule has 0 aromatic rings. The third-order valence-corrected chi connectivity index (χ3v) is 5.42. The maximum absolute atomic E-state index is 6.25. The van der Waals surface area contributed by atoms with Gasteiger partial charge in [-0.05, 0) is 45.1 Å². The van der Waals surface area contributed by atoms with Gasteiger partial charge in [0, 0.05) is 18.1 Å². The van der Waals surface area contributed by atoms with Gasteiger partial charge in [0.1, 0.15) is 0 Å². The average molecular weight is 268 g/mol. The van der Waals surface area contributed by atoms with Crippen molar-refractivity contribution in [3.63, 3.8) is 0 Å². The van der Waals surface area contributed by atoms with Gasteiger partial charge in [0.05, 0.1) is 0 Å². The topological polar surface area (TPSA) is 29.3 Å². The molecule has 0 bridgehead atoms. The van der Waals surface area contributed by atoms with Crippen LogP contribution in [0.4, 0.5) is 0 Å². The lowest BCUT2D eigenvalue weighted by Gasteiger charge is -2.46. The quantitative estimate of drug-likeness (QED) is 0.702. The average Bonchev–Trinajstić information content (AvgIpc) is 2.63. The molecule has 1 aliphatic rings. The molecule has 0 radical (unpaired) electrons. The van der Waals surface area contributed by atoms with Gasteiger partial charge in [0.2, 0.25) is 0 Å². The molecule has 1 aliphatic carbocycles. The smallest absolute Gasteiger partial charge is 0.0334 e. The molecule has 0 spiro atoms. The molecule has 0 saturated heterocycles. The highest BCUT2D eigenvalue weighted by atomic mass is 15.2. The minimum Gasteiger partial charge on any atom is -0.329 e. The molecule has 0 amide bonds. The van der Waals surface area contributed by atoms with Crippen molar-refractivity contribution in [2.24, 2.45) is 11.7 Å². The van der Waals surface area contributed by atoms with Crippen molar-refractivity contribution < 1.29 is 0 Å². The molecule has 114 valence electrons. The van der Waals surface area contributed by atoms with E-state index in [1.807, 2.05) is 0 Å². The van der Waals surface area contributed by atoms with Crippen LogP contribution < -0.4 is 5.73 Å². The highest BCUT2D eigenvalue weighted by Gasteiger charge is 2.38. The number of rotatable bonds is 7. The van der Waals surface area contributed by atoms with Crippen LogP contribution in [0, 0.1) is 5.92 Å². The van der Waals surface area contributed by atoms with Gasteiger partial charge in [-0.2, -0.15) is 0 Å². The Morgan fingerprint density at radius 3 is 2.47 bits per heavy atom. The number of nitrogens with two attached hydrogens (primary N) is 1. The van der Waals surface area contributed by atoms with Gasteiger partial charge in [0.15, 0.2) is 0 Å². The molecule has 2 heteroatoms. The van der Waals surface area contributed by atoms with Crippen LogP contribution in [0.1, 0.15) is 79.1 Å². The molecule has 1 saturated carbocycles. The number of nitrogens with zero attached hydrogens (tertiary/aromatic N) is 1. The molecule has 0 heterocycles.